The number of pyridine rings is 1. The lowest BCUT2D eigenvalue weighted by Crippen LogP contribution is -2.27. The quantitative estimate of drug-likeness (QED) is 0.633. The molecular weight excluding hydrogens is 274 g/mol. The van der Waals surface area contributed by atoms with Crippen molar-refractivity contribution in [2.24, 2.45) is 0 Å². The molecule has 0 fully saturated rings. The van der Waals surface area contributed by atoms with Crippen molar-refractivity contribution in [1.82, 2.24) is 4.98 Å². The molecule has 1 aromatic heterocycles. The third-order valence-corrected chi connectivity index (χ3v) is 2.09. The molecule has 0 aromatic carbocycles. The van der Waals surface area contributed by atoms with Gasteiger partial charge in [0.2, 0.25) is 0 Å². The van der Waals surface area contributed by atoms with Gasteiger partial charge < -0.3 is 9.47 Å². The van der Waals surface area contributed by atoms with E-state index in [0.29, 0.717) is 10.4 Å². The van der Waals surface area contributed by atoms with Crippen molar-refractivity contribution >= 4 is 21.9 Å². The number of nitrogens with zero attached hydrogens (tertiary/aromatic N) is 1. The van der Waals surface area contributed by atoms with E-state index in [9.17, 15) is 4.79 Å². The Morgan fingerprint density at radius 3 is 2.75 bits per heavy atom. The van der Waals surface area contributed by atoms with Crippen molar-refractivity contribution in [3.05, 3.63) is 22.9 Å². The van der Waals surface area contributed by atoms with Crippen molar-refractivity contribution in [2.75, 3.05) is 6.61 Å². The van der Waals surface area contributed by atoms with Gasteiger partial charge in [-0.3, -0.25) is 0 Å². The Bertz CT molecular complexity index is 374. The van der Waals surface area contributed by atoms with Crippen molar-refractivity contribution < 1.29 is 14.3 Å². The van der Waals surface area contributed by atoms with Gasteiger partial charge in [-0.2, -0.15) is 0 Å². The molecule has 0 aliphatic heterocycles. The first-order valence-corrected chi connectivity index (χ1v) is 5.63. The van der Waals surface area contributed by atoms with E-state index in [4.69, 9.17) is 9.47 Å². The average molecular weight is 288 g/mol. The van der Waals surface area contributed by atoms with Crippen molar-refractivity contribution in [3.63, 3.8) is 0 Å². The second-order valence-electron chi connectivity index (χ2n) is 4.17. The van der Waals surface area contributed by atoms with E-state index in [0.717, 1.165) is 0 Å². The predicted octanol–water partition coefficient (Wildman–Crippen LogP) is 2.56. The molecule has 0 aliphatic carbocycles. The summed E-state index contributed by atoms with van der Waals surface area (Å²) in [6.45, 7) is 5.31. The Balaban J connectivity index is 2.47. The summed E-state index contributed by atoms with van der Waals surface area (Å²) in [7, 11) is 0. The largest absolute Gasteiger partial charge is 0.479 e. The summed E-state index contributed by atoms with van der Waals surface area (Å²) in [5.41, 5.74) is -0.493. The highest BCUT2D eigenvalue weighted by molar-refractivity contribution is 9.10. The predicted molar refractivity (Wildman–Crippen MR) is 63.3 cm³/mol. The summed E-state index contributed by atoms with van der Waals surface area (Å²) in [4.78, 5) is 15.3. The fourth-order valence-electron chi connectivity index (χ4n) is 0.987. The molecule has 0 unspecified atom stereocenters. The molecule has 88 valence electrons. The fourth-order valence-corrected chi connectivity index (χ4v) is 1.35. The van der Waals surface area contributed by atoms with Gasteiger partial charge in [0.05, 0.1) is 0 Å². The lowest BCUT2D eigenvalue weighted by molar-refractivity contribution is -0.157. The Kier molecular flexibility index (Phi) is 4.29. The highest BCUT2D eigenvalue weighted by atomic mass is 79.9. The van der Waals surface area contributed by atoms with Crippen LogP contribution in [-0.2, 0) is 9.53 Å². The molecule has 1 aromatic rings. The Labute approximate surface area is 103 Å². The van der Waals surface area contributed by atoms with Crippen molar-refractivity contribution in [1.29, 1.82) is 0 Å². The molecule has 0 bridgehead atoms. The summed E-state index contributed by atoms with van der Waals surface area (Å²) >= 11 is 3.22. The lowest BCUT2D eigenvalue weighted by Gasteiger charge is -2.19. The molecule has 0 atom stereocenters. The van der Waals surface area contributed by atoms with E-state index in [1.807, 2.05) is 20.8 Å². The molecule has 0 radical (unpaired) electrons. The SMILES string of the molecule is CC(C)(C)OC(=O)COc1cccnc1Br. The summed E-state index contributed by atoms with van der Waals surface area (Å²) in [6.07, 6.45) is 1.63. The molecule has 0 amide bonds. The minimum Gasteiger partial charge on any atom is -0.479 e. The normalized spacial score (nSPS) is 11.0. The Morgan fingerprint density at radius 1 is 1.50 bits per heavy atom. The second-order valence-corrected chi connectivity index (χ2v) is 4.92. The summed E-state index contributed by atoms with van der Waals surface area (Å²) in [6, 6.07) is 3.45. The molecule has 0 saturated carbocycles. The number of ether oxygens (including phenoxy) is 2. The molecular formula is C11H14BrNO3. The van der Waals surface area contributed by atoms with Crippen LogP contribution in [0.15, 0.2) is 22.9 Å². The van der Waals surface area contributed by atoms with Gasteiger partial charge >= 0.3 is 5.97 Å². The maximum absolute atomic E-state index is 11.4. The van der Waals surface area contributed by atoms with Crippen LogP contribution in [0.5, 0.6) is 5.75 Å². The zero-order valence-corrected chi connectivity index (χ0v) is 11.1. The van der Waals surface area contributed by atoms with Crippen LogP contribution in [-0.4, -0.2) is 23.2 Å². The maximum Gasteiger partial charge on any atom is 0.344 e. The first-order valence-electron chi connectivity index (χ1n) is 4.83. The number of halogens is 1. The molecule has 0 spiro atoms. The number of hydrogen-bond donors (Lipinski definition) is 0. The Hall–Kier alpha value is -1.10. The van der Waals surface area contributed by atoms with E-state index in [1.165, 1.54) is 0 Å². The van der Waals surface area contributed by atoms with E-state index >= 15 is 0 Å². The maximum atomic E-state index is 11.4. The number of hydrogen-bond acceptors (Lipinski definition) is 4. The van der Waals surface area contributed by atoms with Crippen molar-refractivity contribution in [2.45, 2.75) is 26.4 Å². The molecule has 5 heteroatoms. The number of rotatable bonds is 3. The van der Waals surface area contributed by atoms with Crippen LogP contribution in [0.1, 0.15) is 20.8 Å². The number of carbonyl (C=O) groups excluding carboxylic acids is 1. The smallest absolute Gasteiger partial charge is 0.344 e. The van der Waals surface area contributed by atoms with Crippen LogP contribution in [0.4, 0.5) is 0 Å². The molecule has 0 N–H and O–H groups in total. The van der Waals surface area contributed by atoms with Gasteiger partial charge in [-0.15, -0.1) is 0 Å². The third kappa shape index (κ3) is 4.61. The molecule has 16 heavy (non-hydrogen) atoms. The van der Waals surface area contributed by atoms with Gasteiger partial charge in [-0.1, -0.05) is 0 Å². The monoisotopic (exact) mass is 287 g/mol. The van der Waals surface area contributed by atoms with Crippen molar-refractivity contribution in [3.8, 4) is 5.75 Å². The lowest BCUT2D eigenvalue weighted by atomic mass is 10.2. The minimum atomic E-state index is -0.493. The van der Waals surface area contributed by atoms with E-state index in [2.05, 4.69) is 20.9 Å². The zero-order chi connectivity index (χ0) is 12.2. The third-order valence-electron chi connectivity index (χ3n) is 1.49. The van der Waals surface area contributed by atoms with Crippen LogP contribution in [0.25, 0.3) is 0 Å². The van der Waals surface area contributed by atoms with E-state index < -0.39 is 11.6 Å². The zero-order valence-electron chi connectivity index (χ0n) is 9.49. The summed E-state index contributed by atoms with van der Waals surface area (Å²) in [5, 5.41) is 0. The van der Waals surface area contributed by atoms with Gasteiger partial charge in [0.1, 0.15) is 10.2 Å². The summed E-state index contributed by atoms with van der Waals surface area (Å²) in [5.74, 6) is 0.122. The number of esters is 1. The van der Waals surface area contributed by atoms with Gasteiger partial charge in [0.15, 0.2) is 12.4 Å². The molecule has 0 saturated heterocycles. The van der Waals surface area contributed by atoms with Gasteiger partial charge in [0, 0.05) is 6.20 Å². The van der Waals surface area contributed by atoms with Crippen LogP contribution in [0.3, 0.4) is 0 Å². The molecule has 0 aliphatic rings. The first kappa shape index (κ1) is 13.0. The summed E-state index contributed by atoms with van der Waals surface area (Å²) < 4.78 is 10.9. The topological polar surface area (TPSA) is 48.4 Å². The number of carbonyl (C=O) groups is 1. The second kappa shape index (κ2) is 5.30. The highest BCUT2D eigenvalue weighted by Crippen LogP contribution is 2.21. The number of aromatic nitrogens is 1. The Morgan fingerprint density at radius 2 is 2.19 bits per heavy atom. The van der Waals surface area contributed by atoms with Crippen LogP contribution < -0.4 is 4.74 Å². The standard InChI is InChI=1S/C11H14BrNO3/c1-11(2,3)16-9(14)7-15-8-5-4-6-13-10(8)12/h4-6H,7H2,1-3H3. The average Bonchev–Trinajstić information content (AvgIpc) is 2.14. The van der Waals surface area contributed by atoms with E-state index in [-0.39, 0.29) is 6.61 Å². The minimum absolute atomic E-state index is 0.123. The van der Waals surface area contributed by atoms with Crippen LogP contribution in [0.2, 0.25) is 0 Å². The van der Waals surface area contributed by atoms with Gasteiger partial charge in [-0.05, 0) is 48.8 Å². The molecule has 1 heterocycles. The first-order chi connectivity index (χ1) is 7.38. The molecule has 1 rings (SSSR count). The van der Waals surface area contributed by atoms with Gasteiger partial charge in [-0.25, -0.2) is 9.78 Å². The van der Waals surface area contributed by atoms with Gasteiger partial charge in [0.25, 0.3) is 0 Å². The fraction of sp³-hybridized carbons (Fsp3) is 0.455. The van der Waals surface area contributed by atoms with E-state index in [1.54, 1.807) is 18.3 Å². The highest BCUT2D eigenvalue weighted by Gasteiger charge is 2.16. The van der Waals surface area contributed by atoms with Crippen LogP contribution in [0, 0.1) is 0 Å². The van der Waals surface area contributed by atoms with Crippen LogP contribution >= 0.6 is 15.9 Å². The molecule has 4 nitrogen and oxygen atoms in total.